The fourth-order valence-corrected chi connectivity index (χ4v) is 1.74. The molecule has 0 aromatic heterocycles. The van der Waals surface area contributed by atoms with Gasteiger partial charge in [-0.25, -0.2) is 4.79 Å². The summed E-state index contributed by atoms with van der Waals surface area (Å²) in [5.41, 5.74) is 2.23. The van der Waals surface area contributed by atoms with E-state index in [9.17, 15) is 4.79 Å². The monoisotopic (exact) mass is 262 g/mol. The van der Waals surface area contributed by atoms with Crippen LogP contribution in [0.2, 0.25) is 0 Å². The van der Waals surface area contributed by atoms with Gasteiger partial charge in [-0.1, -0.05) is 35.9 Å². The standard InChI is InChI=1S/C14H11ClO3/c15-9-18-13-7-5-11(6-8-13)10-1-3-12(4-2-10)14(16)17/h1-8H,9H2,(H,16,17). The summed E-state index contributed by atoms with van der Waals surface area (Å²) in [5, 5.41) is 8.81. The molecule has 0 atom stereocenters. The molecule has 2 aromatic rings. The van der Waals surface area contributed by atoms with Crippen LogP contribution in [0.4, 0.5) is 0 Å². The van der Waals surface area contributed by atoms with Crippen LogP contribution in [0.1, 0.15) is 10.4 Å². The summed E-state index contributed by atoms with van der Waals surface area (Å²) in [7, 11) is 0. The Kier molecular flexibility index (Phi) is 3.85. The molecule has 0 spiro atoms. The maximum absolute atomic E-state index is 10.7. The van der Waals surface area contributed by atoms with Gasteiger partial charge in [0.05, 0.1) is 5.56 Å². The topological polar surface area (TPSA) is 46.5 Å². The Morgan fingerprint density at radius 2 is 1.50 bits per heavy atom. The molecule has 0 aliphatic rings. The third-order valence-corrected chi connectivity index (χ3v) is 2.65. The molecule has 0 saturated heterocycles. The summed E-state index contributed by atoms with van der Waals surface area (Å²) in [4.78, 5) is 10.7. The van der Waals surface area contributed by atoms with E-state index in [0.29, 0.717) is 5.75 Å². The quantitative estimate of drug-likeness (QED) is 0.856. The van der Waals surface area contributed by atoms with Crippen LogP contribution in [-0.2, 0) is 0 Å². The first-order valence-corrected chi connectivity index (χ1v) is 5.87. The van der Waals surface area contributed by atoms with E-state index in [4.69, 9.17) is 21.4 Å². The van der Waals surface area contributed by atoms with Crippen LogP contribution >= 0.6 is 11.6 Å². The van der Waals surface area contributed by atoms with Gasteiger partial charge in [-0.15, -0.1) is 0 Å². The fourth-order valence-electron chi connectivity index (χ4n) is 1.61. The average molecular weight is 263 g/mol. The van der Waals surface area contributed by atoms with Gasteiger partial charge in [-0.05, 0) is 35.4 Å². The van der Waals surface area contributed by atoms with Crippen LogP contribution in [0.15, 0.2) is 48.5 Å². The van der Waals surface area contributed by atoms with Crippen LogP contribution < -0.4 is 4.74 Å². The molecule has 0 aliphatic carbocycles. The van der Waals surface area contributed by atoms with E-state index in [-0.39, 0.29) is 11.6 Å². The summed E-state index contributed by atoms with van der Waals surface area (Å²) in [6.07, 6.45) is 0. The number of alkyl halides is 1. The molecule has 2 rings (SSSR count). The third-order valence-electron chi connectivity index (χ3n) is 2.54. The largest absolute Gasteiger partial charge is 0.478 e. The first kappa shape index (κ1) is 12.5. The number of rotatable bonds is 4. The summed E-state index contributed by atoms with van der Waals surface area (Å²) in [6.45, 7) is 0. The van der Waals surface area contributed by atoms with Crippen molar-refractivity contribution in [2.45, 2.75) is 0 Å². The molecular formula is C14H11ClO3. The highest BCUT2D eigenvalue weighted by molar-refractivity contribution is 6.17. The minimum atomic E-state index is -0.924. The van der Waals surface area contributed by atoms with Gasteiger partial charge in [-0.2, -0.15) is 0 Å². The van der Waals surface area contributed by atoms with Crippen molar-refractivity contribution in [1.29, 1.82) is 0 Å². The molecule has 18 heavy (non-hydrogen) atoms. The van der Waals surface area contributed by atoms with Gasteiger partial charge in [0.2, 0.25) is 0 Å². The van der Waals surface area contributed by atoms with Gasteiger partial charge in [0.1, 0.15) is 5.75 Å². The molecule has 1 N–H and O–H groups in total. The molecule has 0 aliphatic heterocycles. The van der Waals surface area contributed by atoms with Gasteiger partial charge in [0, 0.05) is 0 Å². The molecule has 0 saturated carbocycles. The zero-order valence-electron chi connectivity index (χ0n) is 9.47. The number of hydrogen-bond acceptors (Lipinski definition) is 2. The Morgan fingerprint density at radius 3 is 1.94 bits per heavy atom. The highest BCUT2D eigenvalue weighted by Gasteiger charge is 2.03. The lowest BCUT2D eigenvalue weighted by atomic mass is 10.0. The number of carboxylic acid groups (broad SMARTS) is 1. The van der Waals surface area contributed by atoms with E-state index in [1.165, 1.54) is 0 Å². The Bertz CT molecular complexity index is 532. The SMILES string of the molecule is O=C(O)c1ccc(-c2ccc(OCCl)cc2)cc1. The molecule has 0 radical (unpaired) electrons. The lowest BCUT2D eigenvalue weighted by molar-refractivity contribution is 0.0697. The molecule has 0 fully saturated rings. The highest BCUT2D eigenvalue weighted by Crippen LogP contribution is 2.22. The summed E-state index contributed by atoms with van der Waals surface area (Å²) >= 11 is 5.46. The number of halogens is 1. The van der Waals surface area contributed by atoms with E-state index in [0.717, 1.165) is 11.1 Å². The number of carboxylic acids is 1. The first-order valence-electron chi connectivity index (χ1n) is 5.33. The molecule has 0 bridgehead atoms. The maximum atomic E-state index is 10.7. The predicted molar refractivity (Wildman–Crippen MR) is 70.2 cm³/mol. The van der Waals surface area contributed by atoms with Crippen LogP contribution in [0.5, 0.6) is 5.75 Å². The van der Waals surface area contributed by atoms with E-state index >= 15 is 0 Å². The van der Waals surface area contributed by atoms with Crippen LogP contribution in [-0.4, -0.2) is 17.1 Å². The van der Waals surface area contributed by atoms with Crippen molar-refractivity contribution >= 4 is 17.6 Å². The number of benzene rings is 2. The smallest absolute Gasteiger partial charge is 0.335 e. The van der Waals surface area contributed by atoms with E-state index < -0.39 is 5.97 Å². The van der Waals surface area contributed by atoms with E-state index in [1.807, 2.05) is 24.3 Å². The first-order chi connectivity index (χ1) is 8.70. The maximum Gasteiger partial charge on any atom is 0.335 e. The molecule has 2 aromatic carbocycles. The van der Waals surface area contributed by atoms with Gasteiger partial charge >= 0.3 is 5.97 Å². The second-order valence-corrected chi connectivity index (χ2v) is 3.88. The van der Waals surface area contributed by atoms with Crippen molar-refractivity contribution in [3.8, 4) is 16.9 Å². The minimum Gasteiger partial charge on any atom is -0.478 e. The summed E-state index contributed by atoms with van der Waals surface area (Å²) in [6, 6.07) is 14.3. The van der Waals surface area contributed by atoms with Crippen molar-refractivity contribution in [2.75, 3.05) is 6.07 Å². The Morgan fingerprint density at radius 1 is 1.00 bits per heavy atom. The van der Waals surface area contributed by atoms with Crippen LogP contribution in [0.25, 0.3) is 11.1 Å². The molecule has 0 heterocycles. The van der Waals surface area contributed by atoms with Crippen molar-refractivity contribution in [1.82, 2.24) is 0 Å². The molecule has 3 nitrogen and oxygen atoms in total. The zero-order chi connectivity index (χ0) is 13.0. The lowest BCUT2D eigenvalue weighted by Gasteiger charge is -2.05. The number of ether oxygens (including phenoxy) is 1. The Hall–Kier alpha value is -2.00. The molecular weight excluding hydrogens is 252 g/mol. The van der Waals surface area contributed by atoms with E-state index in [1.54, 1.807) is 24.3 Å². The average Bonchev–Trinajstić information content (AvgIpc) is 2.40. The number of carbonyl (C=O) groups is 1. The zero-order valence-corrected chi connectivity index (χ0v) is 10.2. The van der Waals surface area contributed by atoms with Crippen molar-refractivity contribution < 1.29 is 14.6 Å². The Labute approximate surface area is 110 Å². The molecule has 4 heteroatoms. The number of hydrogen-bond donors (Lipinski definition) is 1. The predicted octanol–water partition coefficient (Wildman–Crippen LogP) is 3.63. The van der Waals surface area contributed by atoms with E-state index in [2.05, 4.69) is 0 Å². The van der Waals surface area contributed by atoms with Gasteiger partial charge in [-0.3, -0.25) is 0 Å². The van der Waals surface area contributed by atoms with Crippen molar-refractivity contribution in [3.63, 3.8) is 0 Å². The van der Waals surface area contributed by atoms with Crippen LogP contribution in [0, 0.1) is 0 Å². The van der Waals surface area contributed by atoms with Crippen molar-refractivity contribution in [3.05, 3.63) is 54.1 Å². The second-order valence-electron chi connectivity index (χ2n) is 3.66. The molecule has 92 valence electrons. The van der Waals surface area contributed by atoms with Crippen LogP contribution in [0.3, 0.4) is 0 Å². The van der Waals surface area contributed by atoms with Gasteiger partial charge in [0.15, 0.2) is 6.07 Å². The summed E-state index contributed by atoms with van der Waals surface area (Å²) in [5.74, 6) is -0.219. The van der Waals surface area contributed by atoms with Crippen molar-refractivity contribution in [2.24, 2.45) is 0 Å². The number of aromatic carboxylic acids is 1. The normalized spacial score (nSPS) is 10.1. The highest BCUT2D eigenvalue weighted by atomic mass is 35.5. The minimum absolute atomic E-state index is 0.118. The second kappa shape index (κ2) is 5.56. The van der Waals surface area contributed by atoms with Gasteiger partial charge < -0.3 is 9.84 Å². The third kappa shape index (κ3) is 2.81. The lowest BCUT2D eigenvalue weighted by Crippen LogP contribution is -1.95. The molecule has 0 amide bonds. The molecule has 0 unspecified atom stereocenters. The Balaban J connectivity index is 2.23. The summed E-state index contributed by atoms with van der Waals surface area (Å²) < 4.78 is 5.14. The fraction of sp³-hybridized carbons (Fsp3) is 0.0714. The van der Waals surface area contributed by atoms with Gasteiger partial charge in [0.25, 0.3) is 0 Å².